The van der Waals surface area contributed by atoms with E-state index in [0.717, 1.165) is 37.8 Å². The Morgan fingerprint density at radius 3 is 2.73 bits per heavy atom. The molecule has 1 aliphatic rings. The summed E-state index contributed by atoms with van der Waals surface area (Å²) in [6, 6.07) is 3.79. The molecule has 6 nitrogen and oxygen atoms in total. The summed E-state index contributed by atoms with van der Waals surface area (Å²) in [4.78, 5) is 32.8. The molecule has 0 aromatic carbocycles. The summed E-state index contributed by atoms with van der Waals surface area (Å²) in [6.07, 6.45) is 4.96. The highest BCUT2D eigenvalue weighted by Gasteiger charge is 2.33. The van der Waals surface area contributed by atoms with Crippen LogP contribution in [0.4, 0.5) is 10.6 Å². The molecule has 0 saturated carbocycles. The molecule has 2 amide bonds. The first-order valence-electron chi connectivity index (χ1n) is 9.47. The summed E-state index contributed by atoms with van der Waals surface area (Å²) in [5, 5.41) is 0. The van der Waals surface area contributed by atoms with Gasteiger partial charge in [-0.05, 0) is 46.1 Å². The second kappa shape index (κ2) is 8.52. The first kappa shape index (κ1) is 20.2. The number of ether oxygens (including phenoxy) is 1. The molecule has 0 spiro atoms. The molecule has 0 radical (unpaired) electrons. The van der Waals surface area contributed by atoms with Gasteiger partial charge in [0.05, 0.1) is 6.04 Å². The molecule has 0 bridgehead atoms. The van der Waals surface area contributed by atoms with Gasteiger partial charge in [-0.1, -0.05) is 19.4 Å². The van der Waals surface area contributed by atoms with Crippen molar-refractivity contribution in [3.05, 3.63) is 23.9 Å². The van der Waals surface area contributed by atoms with Crippen molar-refractivity contribution >= 4 is 17.8 Å². The largest absolute Gasteiger partial charge is 0.443 e. The van der Waals surface area contributed by atoms with Crippen LogP contribution in [-0.4, -0.2) is 40.6 Å². The third kappa shape index (κ3) is 4.96. The fraction of sp³-hybridized carbons (Fsp3) is 0.650. The van der Waals surface area contributed by atoms with Crippen LogP contribution in [-0.2, 0) is 9.53 Å². The van der Waals surface area contributed by atoms with Gasteiger partial charge in [0.25, 0.3) is 0 Å². The number of hydrogen-bond donors (Lipinski definition) is 0. The zero-order valence-electron chi connectivity index (χ0n) is 16.6. The summed E-state index contributed by atoms with van der Waals surface area (Å²) in [6.45, 7) is 10.5. The molecule has 1 aromatic rings. The molecule has 26 heavy (non-hydrogen) atoms. The molecule has 1 aliphatic heterocycles. The molecule has 2 rings (SSSR count). The van der Waals surface area contributed by atoms with Crippen LogP contribution in [0.3, 0.4) is 0 Å². The fourth-order valence-corrected chi connectivity index (χ4v) is 3.28. The van der Waals surface area contributed by atoms with Gasteiger partial charge in [-0.3, -0.25) is 9.69 Å². The van der Waals surface area contributed by atoms with E-state index in [1.165, 1.54) is 0 Å². The lowest BCUT2D eigenvalue weighted by molar-refractivity contribution is -0.129. The van der Waals surface area contributed by atoms with E-state index in [1.807, 2.05) is 37.8 Å². The molecule has 0 unspecified atom stereocenters. The molecule has 1 atom stereocenters. The topological polar surface area (TPSA) is 62.7 Å². The minimum absolute atomic E-state index is 0.0391. The summed E-state index contributed by atoms with van der Waals surface area (Å²) < 4.78 is 5.61. The molecule has 1 fully saturated rings. The van der Waals surface area contributed by atoms with Gasteiger partial charge in [0.1, 0.15) is 11.4 Å². The van der Waals surface area contributed by atoms with E-state index in [2.05, 4.69) is 11.9 Å². The molecule has 0 aliphatic carbocycles. The van der Waals surface area contributed by atoms with Crippen LogP contribution in [0.15, 0.2) is 18.3 Å². The maximum absolute atomic E-state index is 12.8. The third-order valence-electron chi connectivity index (χ3n) is 4.44. The van der Waals surface area contributed by atoms with Crippen molar-refractivity contribution in [3.63, 3.8) is 0 Å². The van der Waals surface area contributed by atoms with Crippen LogP contribution in [0.2, 0.25) is 0 Å². The average Bonchev–Trinajstić information content (AvgIpc) is 3.03. The van der Waals surface area contributed by atoms with E-state index in [1.54, 1.807) is 18.0 Å². The lowest BCUT2D eigenvalue weighted by atomic mass is 10.0. The Balaban J connectivity index is 2.39. The number of aromatic nitrogens is 1. The Morgan fingerprint density at radius 2 is 2.12 bits per heavy atom. The van der Waals surface area contributed by atoms with Gasteiger partial charge in [-0.15, -0.1) is 0 Å². The number of anilines is 1. The van der Waals surface area contributed by atoms with Gasteiger partial charge >= 0.3 is 6.09 Å². The van der Waals surface area contributed by atoms with Crippen molar-refractivity contribution in [3.8, 4) is 0 Å². The number of unbranched alkanes of at least 4 members (excludes halogenated alkanes) is 1. The highest BCUT2D eigenvalue weighted by molar-refractivity contribution is 5.88. The fourth-order valence-electron chi connectivity index (χ4n) is 3.28. The van der Waals surface area contributed by atoms with Crippen LogP contribution in [0.5, 0.6) is 0 Å². The molecular weight excluding hydrogens is 330 g/mol. The lowest BCUT2D eigenvalue weighted by Crippen LogP contribution is -2.39. The zero-order valence-corrected chi connectivity index (χ0v) is 16.6. The lowest BCUT2D eigenvalue weighted by Gasteiger charge is -2.31. The number of carbonyl (C=O) groups excluding carboxylic acids is 2. The summed E-state index contributed by atoms with van der Waals surface area (Å²) >= 11 is 0. The highest BCUT2D eigenvalue weighted by atomic mass is 16.6. The van der Waals surface area contributed by atoms with E-state index < -0.39 is 11.7 Å². The maximum atomic E-state index is 12.8. The summed E-state index contributed by atoms with van der Waals surface area (Å²) in [7, 11) is 0. The zero-order chi connectivity index (χ0) is 19.3. The number of likely N-dealkylation sites (tertiary alicyclic amines) is 1. The standard InChI is InChI=1S/C20H31N3O3/c1-6-7-13-23(19(25)26-20(3,4)5)18-16(10-8-12-21-18)17-11-9-14-22(17)15(2)24/h8,10,12,17H,6-7,9,11,13-14H2,1-5H3/t17-/m1/s1. The second-order valence-electron chi connectivity index (χ2n) is 7.77. The Labute approximate surface area is 156 Å². The number of rotatable bonds is 5. The van der Waals surface area contributed by atoms with Crippen molar-refractivity contribution in [2.75, 3.05) is 18.0 Å². The van der Waals surface area contributed by atoms with Crippen LogP contribution in [0.25, 0.3) is 0 Å². The van der Waals surface area contributed by atoms with Gasteiger partial charge in [-0.2, -0.15) is 0 Å². The van der Waals surface area contributed by atoms with E-state index in [-0.39, 0.29) is 11.9 Å². The Kier molecular flexibility index (Phi) is 6.62. The van der Waals surface area contributed by atoms with E-state index >= 15 is 0 Å². The monoisotopic (exact) mass is 361 g/mol. The average molecular weight is 361 g/mol. The van der Waals surface area contributed by atoms with Crippen LogP contribution in [0, 0.1) is 0 Å². The molecule has 0 N–H and O–H groups in total. The second-order valence-corrected chi connectivity index (χ2v) is 7.77. The van der Waals surface area contributed by atoms with Gasteiger partial charge < -0.3 is 9.64 Å². The Hall–Kier alpha value is -2.11. The predicted octanol–water partition coefficient (Wildman–Crippen LogP) is 4.31. The predicted molar refractivity (Wildman–Crippen MR) is 102 cm³/mol. The van der Waals surface area contributed by atoms with Gasteiger partial charge in [0.15, 0.2) is 0 Å². The first-order valence-corrected chi connectivity index (χ1v) is 9.47. The van der Waals surface area contributed by atoms with Crippen LogP contribution >= 0.6 is 0 Å². The number of carbonyl (C=O) groups is 2. The molecular formula is C20H31N3O3. The van der Waals surface area contributed by atoms with Crippen molar-refractivity contribution in [2.45, 2.75) is 71.9 Å². The van der Waals surface area contributed by atoms with E-state index in [0.29, 0.717) is 12.4 Å². The van der Waals surface area contributed by atoms with Crippen molar-refractivity contribution < 1.29 is 14.3 Å². The van der Waals surface area contributed by atoms with E-state index in [4.69, 9.17) is 4.74 Å². The SMILES string of the molecule is CCCCN(C(=O)OC(C)(C)C)c1ncccc1[C@H]1CCCN1C(C)=O. The normalized spacial score (nSPS) is 17.3. The van der Waals surface area contributed by atoms with Crippen molar-refractivity contribution in [1.29, 1.82) is 0 Å². The van der Waals surface area contributed by atoms with Crippen LogP contribution < -0.4 is 4.90 Å². The smallest absolute Gasteiger partial charge is 0.416 e. The van der Waals surface area contributed by atoms with E-state index in [9.17, 15) is 9.59 Å². The number of hydrogen-bond acceptors (Lipinski definition) is 4. The summed E-state index contributed by atoms with van der Waals surface area (Å²) in [5.41, 5.74) is 0.345. The Morgan fingerprint density at radius 1 is 1.38 bits per heavy atom. The highest BCUT2D eigenvalue weighted by Crippen LogP contribution is 2.36. The molecule has 1 saturated heterocycles. The van der Waals surface area contributed by atoms with Crippen molar-refractivity contribution in [1.82, 2.24) is 9.88 Å². The third-order valence-corrected chi connectivity index (χ3v) is 4.44. The number of nitrogens with zero attached hydrogens (tertiary/aromatic N) is 3. The minimum atomic E-state index is -0.574. The molecule has 2 heterocycles. The van der Waals surface area contributed by atoms with Gasteiger partial charge in [-0.25, -0.2) is 9.78 Å². The van der Waals surface area contributed by atoms with Crippen molar-refractivity contribution in [2.24, 2.45) is 0 Å². The summed E-state index contributed by atoms with van der Waals surface area (Å²) in [5.74, 6) is 0.660. The van der Waals surface area contributed by atoms with Gasteiger partial charge in [0, 0.05) is 31.8 Å². The molecule has 144 valence electrons. The molecule has 1 aromatic heterocycles. The maximum Gasteiger partial charge on any atom is 0.416 e. The number of pyridine rings is 1. The quantitative estimate of drug-likeness (QED) is 0.784. The van der Waals surface area contributed by atoms with Gasteiger partial charge in [0.2, 0.25) is 5.91 Å². The van der Waals surface area contributed by atoms with Crippen LogP contribution in [0.1, 0.15) is 71.9 Å². The molecule has 6 heteroatoms. The number of amides is 2. The Bertz CT molecular complexity index is 639. The minimum Gasteiger partial charge on any atom is -0.443 e. The first-order chi connectivity index (χ1) is 12.2.